The Morgan fingerprint density at radius 1 is 1.05 bits per heavy atom. The van der Waals surface area contributed by atoms with E-state index in [0.717, 1.165) is 12.8 Å². The third-order valence-corrected chi connectivity index (χ3v) is 6.34. The first-order valence-electron chi connectivity index (χ1n) is 12.0. The molecule has 0 aliphatic heterocycles. The van der Waals surface area contributed by atoms with Gasteiger partial charge in [-0.25, -0.2) is 14.4 Å². The minimum atomic E-state index is -0.320. The SMILES string of the molecule is CCC(CC)C(=O)Nc1cc2c(Nc3ccc(OCc4cccc(F)c4)c(Cl)c3)ncnc2cc1OC. The van der Waals surface area contributed by atoms with E-state index in [9.17, 15) is 9.18 Å². The largest absolute Gasteiger partial charge is 0.494 e. The minimum absolute atomic E-state index is 0.0605. The van der Waals surface area contributed by atoms with Gasteiger partial charge >= 0.3 is 0 Å². The summed E-state index contributed by atoms with van der Waals surface area (Å²) in [6.07, 6.45) is 2.94. The maximum atomic E-state index is 13.4. The summed E-state index contributed by atoms with van der Waals surface area (Å²) in [5.74, 6) is 1.05. The predicted molar refractivity (Wildman–Crippen MR) is 144 cm³/mol. The van der Waals surface area contributed by atoms with Crippen molar-refractivity contribution in [3.63, 3.8) is 0 Å². The predicted octanol–water partition coefficient (Wildman–Crippen LogP) is 7.13. The molecule has 1 aromatic heterocycles. The lowest BCUT2D eigenvalue weighted by atomic mass is 10.0. The number of benzene rings is 3. The number of carbonyl (C=O) groups excluding carboxylic acids is 1. The lowest BCUT2D eigenvalue weighted by molar-refractivity contribution is -0.120. The molecule has 0 fully saturated rings. The number of methoxy groups -OCH3 is 1. The number of anilines is 3. The Hall–Kier alpha value is -3.91. The van der Waals surface area contributed by atoms with Crippen LogP contribution in [-0.2, 0) is 11.4 Å². The van der Waals surface area contributed by atoms with Crippen LogP contribution in [0.4, 0.5) is 21.6 Å². The molecule has 0 bridgehead atoms. The van der Waals surface area contributed by atoms with Crippen molar-refractivity contribution in [2.75, 3.05) is 17.7 Å². The van der Waals surface area contributed by atoms with Gasteiger partial charge in [0.2, 0.25) is 5.91 Å². The molecule has 0 aliphatic rings. The van der Waals surface area contributed by atoms with Gasteiger partial charge in [-0.2, -0.15) is 0 Å². The first-order valence-corrected chi connectivity index (χ1v) is 12.4. The Balaban J connectivity index is 1.57. The number of halogens is 2. The second kappa shape index (κ2) is 11.9. The number of nitrogens with one attached hydrogen (secondary N) is 2. The van der Waals surface area contributed by atoms with Crippen molar-refractivity contribution in [3.05, 3.63) is 77.3 Å². The summed E-state index contributed by atoms with van der Waals surface area (Å²) in [5.41, 5.74) is 2.58. The normalized spacial score (nSPS) is 11.0. The fourth-order valence-electron chi connectivity index (χ4n) is 3.96. The van der Waals surface area contributed by atoms with Crippen LogP contribution >= 0.6 is 11.6 Å². The number of carbonyl (C=O) groups is 1. The van der Waals surface area contributed by atoms with E-state index in [-0.39, 0.29) is 24.2 Å². The first-order chi connectivity index (χ1) is 17.9. The van der Waals surface area contributed by atoms with Crippen molar-refractivity contribution in [3.8, 4) is 11.5 Å². The van der Waals surface area contributed by atoms with E-state index in [2.05, 4.69) is 20.6 Å². The molecule has 9 heteroatoms. The summed E-state index contributed by atoms with van der Waals surface area (Å²) < 4.78 is 24.7. The van der Waals surface area contributed by atoms with Crippen LogP contribution in [-0.4, -0.2) is 23.0 Å². The lowest BCUT2D eigenvalue weighted by Crippen LogP contribution is -2.22. The molecule has 0 saturated carbocycles. The van der Waals surface area contributed by atoms with Gasteiger partial charge < -0.3 is 20.1 Å². The summed E-state index contributed by atoms with van der Waals surface area (Å²) in [5, 5.41) is 7.34. The molecule has 0 spiro atoms. The van der Waals surface area contributed by atoms with Gasteiger partial charge in [0.05, 0.1) is 23.3 Å². The molecule has 0 unspecified atom stereocenters. The van der Waals surface area contributed by atoms with Crippen LogP contribution in [0, 0.1) is 11.7 Å². The summed E-state index contributed by atoms with van der Waals surface area (Å²) in [4.78, 5) is 21.5. The summed E-state index contributed by atoms with van der Waals surface area (Å²) >= 11 is 6.45. The Bertz CT molecular complexity index is 1410. The third-order valence-electron chi connectivity index (χ3n) is 6.05. The highest BCUT2D eigenvalue weighted by molar-refractivity contribution is 6.32. The summed E-state index contributed by atoms with van der Waals surface area (Å²) in [6.45, 7) is 4.17. The number of nitrogens with zero attached hydrogens (tertiary/aromatic N) is 2. The number of fused-ring (bicyclic) bond motifs is 1. The topological polar surface area (TPSA) is 85.4 Å². The van der Waals surface area contributed by atoms with Crippen molar-refractivity contribution in [1.82, 2.24) is 9.97 Å². The van der Waals surface area contributed by atoms with Crippen LogP contribution in [0.3, 0.4) is 0 Å². The number of amides is 1. The van der Waals surface area contributed by atoms with Crippen LogP contribution in [0.1, 0.15) is 32.3 Å². The number of aromatic nitrogens is 2. The standard InChI is InChI=1S/C28H28ClFN4O3/c1-4-18(5-2)28(35)34-24-13-21-23(14-26(24)36-3)31-16-32-27(21)33-20-9-10-25(22(29)12-20)37-15-17-7-6-8-19(30)11-17/h6-14,16,18H,4-5,15H2,1-3H3,(H,34,35)(H,31,32,33). The van der Waals surface area contributed by atoms with Gasteiger partial charge in [0.15, 0.2) is 0 Å². The van der Waals surface area contributed by atoms with Crippen LogP contribution in [0.25, 0.3) is 10.9 Å². The molecule has 3 aromatic carbocycles. The maximum Gasteiger partial charge on any atom is 0.227 e. The van der Waals surface area contributed by atoms with E-state index < -0.39 is 0 Å². The van der Waals surface area contributed by atoms with E-state index in [0.29, 0.717) is 50.2 Å². The van der Waals surface area contributed by atoms with Crippen molar-refractivity contribution < 1.29 is 18.7 Å². The van der Waals surface area contributed by atoms with Crippen LogP contribution < -0.4 is 20.1 Å². The Morgan fingerprint density at radius 3 is 2.57 bits per heavy atom. The Kier molecular flexibility index (Phi) is 8.40. The fraction of sp³-hybridized carbons (Fsp3) is 0.250. The second-order valence-corrected chi connectivity index (χ2v) is 8.89. The van der Waals surface area contributed by atoms with Gasteiger partial charge in [0, 0.05) is 23.1 Å². The first kappa shape index (κ1) is 26.2. The number of ether oxygens (including phenoxy) is 2. The third kappa shape index (κ3) is 6.27. The van der Waals surface area contributed by atoms with Crippen LogP contribution in [0.15, 0.2) is 60.9 Å². The average molecular weight is 523 g/mol. The molecule has 0 saturated heterocycles. The van der Waals surface area contributed by atoms with Crippen LogP contribution in [0.2, 0.25) is 5.02 Å². The zero-order chi connectivity index (χ0) is 26.4. The molecule has 0 atom stereocenters. The quantitative estimate of drug-likeness (QED) is 0.230. The Morgan fingerprint density at radius 2 is 1.86 bits per heavy atom. The van der Waals surface area contributed by atoms with Gasteiger partial charge in [-0.1, -0.05) is 37.6 Å². The number of hydrogen-bond donors (Lipinski definition) is 2. The molecular weight excluding hydrogens is 495 g/mol. The van der Waals surface area contributed by atoms with Crippen LogP contribution in [0.5, 0.6) is 11.5 Å². The monoisotopic (exact) mass is 522 g/mol. The van der Waals surface area contributed by atoms with E-state index in [1.165, 1.54) is 18.5 Å². The molecule has 7 nitrogen and oxygen atoms in total. The van der Waals surface area contributed by atoms with E-state index in [4.69, 9.17) is 21.1 Å². The maximum absolute atomic E-state index is 13.4. The van der Waals surface area contributed by atoms with E-state index in [1.807, 2.05) is 13.8 Å². The van der Waals surface area contributed by atoms with Crippen molar-refractivity contribution in [2.24, 2.45) is 5.92 Å². The van der Waals surface area contributed by atoms with Crippen molar-refractivity contribution in [2.45, 2.75) is 33.3 Å². The second-order valence-electron chi connectivity index (χ2n) is 8.48. The fourth-order valence-corrected chi connectivity index (χ4v) is 4.20. The highest BCUT2D eigenvalue weighted by atomic mass is 35.5. The average Bonchev–Trinajstić information content (AvgIpc) is 2.89. The molecular formula is C28H28ClFN4O3. The number of rotatable bonds is 10. The van der Waals surface area contributed by atoms with E-state index in [1.54, 1.807) is 49.6 Å². The smallest absolute Gasteiger partial charge is 0.227 e. The highest BCUT2D eigenvalue weighted by Crippen LogP contribution is 2.35. The molecule has 4 rings (SSSR count). The van der Waals surface area contributed by atoms with Gasteiger partial charge in [-0.05, 0) is 54.8 Å². The highest BCUT2D eigenvalue weighted by Gasteiger charge is 2.18. The number of hydrogen-bond acceptors (Lipinski definition) is 6. The molecule has 0 aliphatic carbocycles. The molecule has 192 valence electrons. The molecule has 4 aromatic rings. The molecule has 37 heavy (non-hydrogen) atoms. The molecule has 0 radical (unpaired) electrons. The summed E-state index contributed by atoms with van der Waals surface area (Å²) in [6, 6.07) is 15.0. The lowest BCUT2D eigenvalue weighted by Gasteiger charge is -2.17. The zero-order valence-electron chi connectivity index (χ0n) is 20.8. The van der Waals surface area contributed by atoms with Gasteiger partial charge in [-0.3, -0.25) is 4.79 Å². The molecule has 1 amide bonds. The minimum Gasteiger partial charge on any atom is -0.494 e. The van der Waals surface area contributed by atoms with Gasteiger partial charge in [0.25, 0.3) is 0 Å². The van der Waals surface area contributed by atoms with Crippen molar-refractivity contribution >= 4 is 45.6 Å². The summed E-state index contributed by atoms with van der Waals surface area (Å²) in [7, 11) is 1.55. The Labute approximate surface area is 220 Å². The van der Waals surface area contributed by atoms with Crippen molar-refractivity contribution in [1.29, 1.82) is 0 Å². The zero-order valence-corrected chi connectivity index (χ0v) is 21.6. The van der Waals surface area contributed by atoms with E-state index >= 15 is 0 Å². The molecule has 1 heterocycles. The molecule has 2 N–H and O–H groups in total. The van der Waals surface area contributed by atoms with Gasteiger partial charge in [0.1, 0.15) is 36.1 Å². The van der Waals surface area contributed by atoms with Gasteiger partial charge in [-0.15, -0.1) is 0 Å².